The predicted octanol–water partition coefficient (Wildman–Crippen LogP) is 2.43. The third-order valence-electron chi connectivity index (χ3n) is 2.57. The van der Waals surface area contributed by atoms with Crippen LogP contribution in [0.2, 0.25) is 0 Å². The molecule has 0 aliphatic rings. The first-order valence-corrected chi connectivity index (χ1v) is 6.16. The number of hydrogen-bond acceptors (Lipinski definition) is 4. The van der Waals surface area contributed by atoms with Gasteiger partial charge in [-0.05, 0) is 36.4 Å². The lowest BCUT2D eigenvalue weighted by Crippen LogP contribution is -2.04. The lowest BCUT2D eigenvalue weighted by atomic mass is 10.1. The fourth-order valence-corrected chi connectivity index (χ4v) is 1.55. The van der Waals surface area contributed by atoms with E-state index < -0.39 is 11.9 Å². The molecular weight excluding hydrogens is 268 g/mol. The van der Waals surface area contributed by atoms with Crippen molar-refractivity contribution in [2.45, 2.75) is 0 Å². The highest BCUT2D eigenvalue weighted by Gasteiger charge is 2.03. The maximum Gasteiger partial charge on any atom is 0.390 e. The van der Waals surface area contributed by atoms with E-state index in [1.807, 2.05) is 6.07 Å². The maximum atomic E-state index is 11.5. The molecule has 2 rings (SSSR count). The molecule has 0 unspecified atom stereocenters. The quantitative estimate of drug-likeness (QED) is 0.481. The van der Waals surface area contributed by atoms with Crippen molar-refractivity contribution in [2.24, 2.45) is 0 Å². The number of esters is 2. The smallest absolute Gasteiger partial charge is 0.390 e. The van der Waals surface area contributed by atoms with Crippen LogP contribution in [-0.2, 0) is 9.53 Å². The van der Waals surface area contributed by atoms with Gasteiger partial charge in [-0.25, -0.2) is 9.59 Å². The third kappa shape index (κ3) is 4.22. The van der Waals surface area contributed by atoms with Gasteiger partial charge in [-0.1, -0.05) is 24.1 Å². The van der Waals surface area contributed by atoms with E-state index in [0.717, 1.165) is 0 Å². The van der Waals surface area contributed by atoms with Gasteiger partial charge in [-0.3, -0.25) is 0 Å². The van der Waals surface area contributed by atoms with Crippen LogP contribution in [0.5, 0.6) is 5.75 Å². The Bertz CT molecular complexity index is 691. The van der Waals surface area contributed by atoms with Gasteiger partial charge in [0.15, 0.2) is 0 Å². The summed E-state index contributed by atoms with van der Waals surface area (Å²) in [4.78, 5) is 22.8. The second-order valence-corrected chi connectivity index (χ2v) is 4.02. The van der Waals surface area contributed by atoms with E-state index in [4.69, 9.17) is 4.74 Å². The summed E-state index contributed by atoms with van der Waals surface area (Å²) in [7, 11) is 1.32. The highest BCUT2D eigenvalue weighted by molar-refractivity contribution is 5.91. The molecule has 0 saturated heterocycles. The van der Waals surface area contributed by atoms with Crippen molar-refractivity contribution in [3.05, 3.63) is 65.7 Å². The zero-order valence-corrected chi connectivity index (χ0v) is 11.3. The first kappa shape index (κ1) is 14.4. The summed E-state index contributed by atoms with van der Waals surface area (Å²) in [6, 6.07) is 15.1. The van der Waals surface area contributed by atoms with Crippen molar-refractivity contribution in [2.75, 3.05) is 7.11 Å². The molecule has 21 heavy (non-hydrogen) atoms. The van der Waals surface area contributed by atoms with Gasteiger partial charge in [-0.2, -0.15) is 0 Å². The van der Waals surface area contributed by atoms with Gasteiger partial charge in [-0.15, -0.1) is 0 Å². The van der Waals surface area contributed by atoms with Gasteiger partial charge in [0.05, 0.1) is 12.7 Å². The number of benzene rings is 2. The minimum Gasteiger partial charge on any atom is -0.465 e. The molecule has 4 heteroatoms. The van der Waals surface area contributed by atoms with E-state index in [1.54, 1.807) is 48.5 Å². The number of hydrogen-bond donors (Lipinski definition) is 0. The lowest BCUT2D eigenvalue weighted by molar-refractivity contribution is -0.128. The topological polar surface area (TPSA) is 52.6 Å². The third-order valence-corrected chi connectivity index (χ3v) is 2.57. The predicted molar refractivity (Wildman–Crippen MR) is 76.7 cm³/mol. The Kier molecular flexibility index (Phi) is 4.73. The average molecular weight is 280 g/mol. The van der Waals surface area contributed by atoms with E-state index >= 15 is 0 Å². The Balaban J connectivity index is 2.02. The second-order valence-electron chi connectivity index (χ2n) is 4.02. The molecule has 0 atom stereocenters. The van der Waals surface area contributed by atoms with Gasteiger partial charge < -0.3 is 9.47 Å². The Morgan fingerprint density at radius 3 is 2.24 bits per heavy atom. The minimum absolute atomic E-state index is 0.419. The molecule has 0 N–H and O–H groups in total. The minimum atomic E-state index is -0.641. The largest absolute Gasteiger partial charge is 0.465 e. The normalized spacial score (nSPS) is 9.19. The molecule has 0 aliphatic heterocycles. The summed E-state index contributed by atoms with van der Waals surface area (Å²) >= 11 is 0. The van der Waals surface area contributed by atoms with Crippen molar-refractivity contribution < 1.29 is 19.1 Å². The summed E-state index contributed by atoms with van der Waals surface area (Å²) in [5.41, 5.74) is 1.03. The van der Waals surface area contributed by atoms with Crippen molar-refractivity contribution >= 4 is 11.9 Å². The summed E-state index contributed by atoms with van der Waals surface area (Å²) in [6.07, 6.45) is 0. The molecule has 0 radical (unpaired) electrons. The molecule has 0 spiro atoms. The van der Waals surface area contributed by atoms with Crippen molar-refractivity contribution in [1.82, 2.24) is 0 Å². The Hall–Kier alpha value is -3.06. The first-order chi connectivity index (χ1) is 10.2. The van der Waals surface area contributed by atoms with E-state index in [2.05, 4.69) is 16.6 Å². The highest BCUT2D eigenvalue weighted by Crippen LogP contribution is 2.08. The SMILES string of the molecule is COC(=O)c1ccc(C#CC(=O)Oc2ccccc2)cc1. The van der Waals surface area contributed by atoms with Crippen LogP contribution in [0.3, 0.4) is 0 Å². The molecular formula is C17H12O4. The van der Waals surface area contributed by atoms with Crippen LogP contribution in [0.1, 0.15) is 15.9 Å². The molecule has 0 heterocycles. The molecule has 2 aromatic carbocycles. The first-order valence-electron chi connectivity index (χ1n) is 6.16. The van der Waals surface area contributed by atoms with Gasteiger partial charge in [0, 0.05) is 11.5 Å². The molecule has 2 aromatic rings. The standard InChI is InChI=1S/C17H12O4/c1-20-17(19)14-10-7-13(8-11-14)9-12-16(18)21-15-5-3-2-4-6-15/h2-8,10-11H,1H3. The van der Waals surface area contributed by atoms with Crippen molar-refractivity contribution in [1.29, 1.82) is 0 Å². The number of carbonyl (C=O) groups is 2. The Morgan fingerprint density at radius 2 is 1.62 bits per heavy atom. The van der Waals surface area contributed by atoms with Gasteiger partial charge in [0.25, 0.3) is 0 Å². The molecule has 0 aromatic heterocycles. The maximum absolute atomic E-state index is 11.5. The van der Waals surface area contributed by atoms with Gasteiger partial charge >= 0.3 is 11.9 Å². The number of carbonyl (C=O) groups excluding carboxylic acids is 2. The van der Waals surface area contributed by atoms with E-state index in [1.165, 1.54) is 7.11 Å². The van der Waals surface area contributed by atoms with Crippen LogP contribution in [0, 0.1) is 11.8 Å². The molecule has 0 saturated carbocycles. The van der Waals surface area contributed by atoms with Crippen molar-refractivity contribution in [3.8, 4) is 17.6 Å². The van der Waals surface area contributed by atoms with Crippen LogP contribution in [-0.4, -0.2) is 19.0 Å². The molecule has 0 bridgehead atoms. The lowest BCUT2D eigenvalue weighted by Gasteiger charge is -1.98. The summed E-state index contributed by atoms with van der Waals surface area (Å²) in [5, 5.41) is 0. The second kappa shape index (κ2) is 6.92. The summed E-state index contributed by atoms with van der Waals surface area (Å²) in [6.45, 7) is 0. The fourth-order valence-electron chi connectivity index (χ4n) is 1.55. The summed E-state index contributed by atoms with van der Waals surface area (Å²) < 4.78 is 9.62. The number of ether oxygens (including phenoxy) is 2. The molecule has 4 nitrogen and oxygen atoms in total. The van der Waals surface area contributed by atoms with Gasteiger partial charge in [0.1, 0.15) is 5.75 Å². The van der Waals surface area contributed by atoms with Crippen LogP contribution < -0.4 is 4.74 Å². The molecule has 0 amide bonds. The van der Waals surface area contributed by atoms with E-state index in [-0.39, 0.29) is 0 Å². The fraction of sp³-hybridized carbons (Fsp3) is 0.0588. The van der Waals surface area contributed by atoms with Gasteiger partial charge in [0.2, 0.25) is 0 Å². The molecule has 0 aliphatic carbocycles. The Labute approximate surface area is 122 Å². The van der Waals surface area contributed by atoms with Crippen LogP contribution in [0.15, 0.2) is 54.6 Å². The zero-order chi connectivity index (χ0) is 15.1. The number of para-hydroxylation sites is 1. The number of methoxy groups -OCH3 is 1. The number of rotatable bonds is 2. The van der Waals surface area contributed by atoms with Crippen LogP contribution in [0.25, 0.3) is 0 Å². The molecule has 104 valence electrons. The average Bonchev–Trinajstić information content (AvgIpc) is 2.53. The zero-order valence-electron chi connectivity index (χ0n) is 11.3. The van der Waals surface area contributed by atoms with E-state index in [9.17, 15) is 9.59 Å². The van der Waals surface area contributed by atoms with Crippen LogP contribution in [0.4, 0.5) is 0 Å². The highest BCUT2D eigenvalue weighted by atomic mass is 16.5. The van der Waals surface area contributed by atoms with E-state index in [0.29, 0.717) is 16.9 Å². The van der Waals surface area contributed by atoms with Crippen molar-refractivity contribution in [3.63, 3.8) is 0 Å². The Morgan fingerprint density at radius 1 is 0.952 bits per heavy atom. The summed E-state index contributed by atoms with van der Waals surface area (Å²) in [5.74, 6) is 4.44. The monoisotopic (exact) mass is 280 g/mol. The van der Waals surface area contributed by atoms with Crippen LogP contribution >= 0.6 is 0 Å². The molecule has 0 fully saturated rings.